The molecule has 0 bridgehead atoms. The number of carbonyl (C=O) groups is 1. The monoisotopic (exact) mass is 562 g/mol. The average molecular weight is 563 g/mol. The summed E-state index contributed by atoms with van der Waals surface area (Å²) in [6.45, 7) is 7.95. The number of allylic oxidation sites excluding steroid dienone is 5. The summed E-state index contributed by atoms with van der Waals surface area (Å²) in [5.74, 6) is 1.75. The molecule has 0 atom stereocenters. The molecule has 2 aromatic heterocycles. The lowest BCUT2D eigenvalue weighted by molar-refractivity contribution is 0.0925. The first-order valence-corrected chi connectivity index (χ1v) is 14.3. The van der Waals surface area contributed by atoms with Gasteiger partial charge in [-0.1, -0.05) is 67.0 Å². The van der Waals surface area contributed by atoms with Crippen LogP contribution in [0.1, 0.15) is 73.7 Å². The Morgan fingerprint density at radius 2 is 1.88 bits per heavy atom. The van der Waals surface area contributed by atoms with Crippen molar-refractivity contribution in [3.63, 3.8) is 0 Å². The number of aromatic nitrogens is 3. The van der Waals surface area contributed by atoms with Crippen LogP contribution in [0.2, 0.25) is 0 Å². The van der Waals surface area contributed by atoms with Crippen molar-refractivity contribution >= 4 is 45.8 Å². The summed E-state index contributed by atoms with van der Waals surface area (Å²) in [6, 6.07) is 8.31. The minimum atomic E-state index is -0.216. The van der Waals surface area contributed by atoms with E-state index in [1.54, 1.807) is 6.92 Å². The van der Waals surface area contributed by atoms with Crippen LogP contribution in [0.3, 0.4) is 0 Å². The van der Waals surface area contributed by atoms with Crippen LogP contribution >= 0.6 is 11.6 Å². The number of amides is 1. The maximum absolute atomic E-state index is 13.3. The number of nitrogens with one attached hydrogen (secondary N) is 2. The summed E-state index contributed by atoms with van der Waals surface area (Å²) in [6.07, 6.45) is 12.3. The normalized spacial score (nSPS) is 17.8. The number of carbonyl (C=O) groups excluding carboxylic acids is 1. The second kappa shape index (κ2) is 13.6. The standard InChI is InChI=1S/C31H39ClN6O2/c1-6-7-8-9-10-14-25(32)20(2)28-27(21(3)40-37-28)30(39)33-22-16-18-23(19-17-22)34-31-35-26-15-12-11-13-24(26)29(36-31)38(4)5/h8-9,11-15,22-23H,2,6-7,10,16-19H2,1,3-5H3,(H,33,39)(H,34,35,36)/b9-8-,25-14+. The molecule has 1 aromatic carbocycles. The number of benzene rings is 1. The van der Waals surface area contributed by atoms with Gasteiger partial charge in [-0.2, -0.15) is 4.98 Å². The number of halogens is 1. The van der Waals surface area contributed by atoms with Crippen molar-refractivity contribution in [3.8, 4) is 0 Å². The zero-order chi connectivity index (χ0) is 28.6. The number of hydrogen-bond acceptors (Lipinski definition) is 7. The van der Waals surface area contributed by atoms with Gasteiger partial charge < -0.3 is 20.1 Å². The molecular weight excluding hydrogens is 524 g/mol. The summed E-state index contributed by atoms with van der Waals surface area (Å²) in [5, 5.41) is 12.3. The van der Waals surface area contributed by atoms with Gasteiger partial charge in [0.05, 0.1) is 5.52 Å². The molecule has 212 valence electrons. The molecule has 2 N–H and O–H groups in total. The van der Waals surface area contributed by atoms with E-state index in [1.807, 2.05) is 49.3 Å². The highest BCUT2D eigenvalue weighted by atomic mass is 35.5. The molecule has 0 spiro atoms. The SMILES string of the molecule is C=C(/C(Cl)=C\C/C=C\CCC)c1noc(C)c1C(=O)NC1CCC(Nc2nc(N(C)C)c3ccccc3n2)CC1. The smallest absolute Gasteiger partial charge is 0.257 e. The summed E-state index contributed by atoms with van der Waals surface area (Å²) in [7, 11) is 3.97. The fourth-order valence-corrected chi connectivity index (χ4v) is 5.10. The first-order chi connectivity index (χ1) is 19.3. The van der Waals surface area contributed by atoms with Gasteiger partial charge >= 0.3 is 0 Å². The van der Waals surface area contributed by atoms with Crippen molar-refractivity contribution in [2.75, 3.05) is 24.3 Å². The third-order valence-corrected chi connectivity index (χ3v) is 7.50. The molecule has 1 aliphatic rings. The number of unbranched alkanes of at least 4 members (excludes halogenated alkanes) is 1. The molecule has 4 rings (SSSR count). The van der Waals surface area contributed by atoms with E-state index in [0.717, 1.165) is 55.2 Å². The van der Waals surface area contributed by atoms with Crippen LogP contribution in [0.4, 0.5) is 11.8 Å². The molecule has 8 nitrogen and oxygen atoms in total. The fraction of sp³-hybridized carbons (Fsp3) is 0.419. The molecule has 0 radical (unpaired) electrons. The van der Waals surface area contributed by atoms with Gasteiger partial charge in [0.2, 0.25) is 5.95 Å². The zero-order valence-electron chi connectivity index (χ0n) is 23.8. The van der Waals surface area contributed by atoms with Crippen molar-refractivity contribution in [1.29, 1.82) is 0 Å². The topological polar surface area (TPSA) is 96.2 Å². The van der Waals surface area contributed by atoms with E-state index in [9.17, 15) is 4.79 Å². The lowest BCUT2D eigenvalue weighted by Crippen LogP contribution is -2.40. The molecule has 1 saturated carbocycles. The molecule has 1 fully saturated rings. The van der Waals surface area contributed by atoms with Gasteiger partial charge in [0.1, 0.15) is 22.8 Å². The Morgan fingerprint density at radius 1 is 1.15 bits per heavy atom. The highest BCUT2D eigenvalue weighted by Gasteiger charge is 2.28. The van der Waals surface area contributed by atoms with Crippen LogP contribution in [0.15, 0.2) is 58.6 Å². The quantitative estimate of drug-likeness (QED) is 0.191. The minimum absolute atomic E-state index is 0.0468. The largest absolute Gasteiger partial charge is 0.362 e. The summed E-state index contributed by atoms with van der Waals surface area (Å²) >= 11 is 6.49. The summed E-state index contributed by atoms with van der Waals surface area (Å²) < 4.78 is 5.38. The molecule has 1 aliphatic carbocycles. The third-order valence-electron chi connectivity index (χ3n) is 7.12. The first kappa shape index (κ1) is 29.3. The van der Waals surface area contributed by atoms with Crippen LogP contribution < -0.4 is 15.5 Å². The molecule has 0 aliphatic heterocycles. The zero-order valence-corrected chi connectivity index (χ0v) is 24.6. The Kier molecular flexibility index (Phi) is 9.98. The van der Waals surface area contributed by atoms with Gasteiger partial charge in [-0.25, -0.2) is 4.98 Å². The molecule has 2 heterocycles. The van der Waals surface area contributed by atoms with Gasteiger partial charge in [-0.05, 0) is 57.6 Å². The van der Waals surface area contributed by atoms with Crippen LogP contribution in [-0.4, -0.2) is 47.2 Å². The molecular formula is C31H39ClN6O2. The van der Waals surface area contributed by atoms with Crippen molar-refractivity contribution < 1.29 is 9.32 Å². The Bertz CT molecular complexity index is 1400. The van der Waals surface area contributed by atoms with E-state index in [2.05, 4.69) is 41.4 Å². The Hall–Kier alpha value is -3.65. The van der Waals surface area contributed by atoms with Crippen LogP contribution in [0.25, 0.3) is 16.5 Å². The minimum Gasteiger partial charge on any atom is -0.362 e. The molecule has 3 aromatic rings. The highest BCUT2D eigenvalue weighted by Crippen LogP contribution is 2.30. The lowest BCUT2D eigenvalue weighted by Gasteiger charge is -2.30. The predicted molar refractivity (Wildman–Crippen MR) is 164 cm³/mol. The number of fused-ring (bicyclic) bond motifs is 1. The van der Waals surface area contributed by atoms with E-state index in [1.165, 1.54) is 0 Å². The molecule has 1 amide bonds. The van der Waals surface area contributed by atoms with E-state index in [4.69, 9.17) is 26.1 Å². The third kappa shape index (κ3) is 7.10. The first-order valence-electron chi connectivity index (χ1n) is 14.0. The van der Waals surface area contributed by atoms with Crippen LogP contribution in [0.5, 0.6) is 0 Å². The Balaban J connectivity index is 1.36. The van der Waals surface area contributed by atoms with E-state index in [-0.39, 0.29) is 18.0 Å². The van der Waals surface area contributed by atoms with Gasteiger partial charge in [0.15, 0.2) is 0 Å². The number of para-hydroxylation sites is 1. The molecule has 0 saturated heterocycles. The summed E-state index contributed by atoms with van der Waals surface area (Å²) in [5.41, 5.74) is 2.16. The van der Waals surface area contributed by atoms with Gasteiger partial charge in [0, 0.05) is 42.2 Å². The number of aryl methyl sites for hydroxylation is 1. The number of rotatable bonds is 11. The van der Waals surface area contributed by atoms with E-state index in [0.29, 0.717) is 40.0 Å². The van der Waals surface area contributed by atoms with Gasteiger partial charge in [-0.3, -0.25) is 4.79 Å². The van der Waals surface area contributed by atoms with Crippen molar-refractivity contribution in [1.82, 2.24) is 20.4 Å². The fourth-order valence-electron chi connectivity index (χ4n) is 4.92. The van der Waals surface area contributed by atoms with Crippen molar-refractivity contribution in [2.24, 2.45) is 0 Å². The second-order valence-electron chi connectivity index (χ2n) is 10.4. The Labute approximate surface area is 241 Å². The van der Waals surface area contributed by atoms with Gasteiger partial charge in [0.25, 0.3) is 5.91 Å². The average Bonchev–Trinajstić information content (AvgIpc) is 3.34. The molecule has 9 heteroatoms. The molecule has 0 unspecified atom stereocenters. The highest BCUT2D eigenvalue weighted by molar-refractivity contribution is 6.37. The molecule has 40 heavy (non-hydrogen) atoms. The second-order valence-corrected chi connectivity index (χ2v) is 10.8. The predicted octanol–water partition coefficient (Wildman–Crippen LogP) is 7.03. The van der Waals surface area contributed by atoms with Crippen LogP contribution in [0, 0.1) is 6.92 Å². The Morgan fingerprint density at radius 3 is 2.60 bits per heavy atom. The van der Waals surface area contributed by atoms with Crippen LogP contribution in [-0.2, 0) is 0 Å². The lowest BCUT2D eigenvalue weighted by atomic mass is 9.91. The van der Waals surface area contributed by atoms with Gasteiger partial charge in [-0.15, -0.1) is 0 Å². The number of hydrogen-bond donors (Lipinski definition) is 2. The maximum Gasteiger partial charge on any atom is 0.257 e. The van der Waals surface area contributed by atoms with Crippen molar-refractivity contribution in [2.45, 2.75) is 70.9 Å². The van der Waals surface area contributed by atoms with E-state index >= 15 is 0 Å². The van der Waals surface area contributed by atoms with E-state index < -0.39 is 0 Å². The van der Waals surface area contributed by atoms with Crippen molar-refractivity contribution in [3.05, 3.63) is 71.1 Å². The summed E-state index contributed by atoms with van der Waals surface area (Å²) in [4.78, 5) is 24.8. The number of nitrogens with zero attached hydrogens (tertiary/aromatic N) is 4. The maximum atomic E-state index is 13.3. The number of anilines is 2.